The van der Waals surface area contributed by atoms with Gasteiger partial charge in [-0.1, -0.05) is 29.8 Å². The molecule has 1 atom stereocenters. The van der Waals surface area contributed by atoms with Crippen LogP contribution in [0.25, 0.3) is 0 Å². The lowest BCUT2D eigenvalue weighted by atomic mass is 9.83. The number of amides is 1. The van der Waals surface area contributed by atoms with Gasteiger partial charge < -0.3 is 10.4 Å². The first kappa shape index (κ1) is 16.6. The van der Waals surface area contributed by atoms with Crippen LogP contribution in [0.4, 0.5) is 0 Å². The third kappa shape index (κ3) is 4.00. The Bertz CT molecular complexity index is 500. The number of carbonyl (C=O) groups is 2. The normalized spacial score (nSPS) is 12.8. The van der Waals surface area contributed by atoms with E-state index in [0.29, 0.717) is 5.75 Å². The zero-order valence-electron chi connectivity index (χ0n) is 12.3. The molecule has 0 spiro atoms. The fourth-order valence-electron chi connectivity index (χ4n) is 1.84. The maximum Gasteiger partial charge on any atom is 0.327 e. The van der Waals surface area contributed by atoms with Crippen LogP contribution >= 0.6 is 11.8 Å². The molecule has 1 aromatic carbocycles. The summed E-state index contributed by atoms with van der Waals surface area (Å²) in [7, 11) is 0. The summed E-state index contributed by atoms with van der Waals surface area (Å²) in [6.45, 7) is 5.56. The first-order chi connectivity index (χ1) is 9.28. The Kier molecular flexibility index (Phi) is 5.62. The van der Waals surface area contributed by atoms with Crippen LogP contribution in [-0.2, 0) is 15.0 Å². The van der Waals surface area contributed by atoms with Gasteiger partial charge in [0, 0.05) is 5.75 Å². The summed E-state index contributed by atoms with van der Waals surface area (Å²) in [6.07, 6.45) is 1.81. The van der Waals surface area contributed by atoms with E-state index in [-0.39, 0.29) is 5.91 Å². The van der Waals surface area contributed by atoms with Crippen molar-refractivity contribution in [2.45, 2.75) is 32.2 Å². The largest absolute Gasteiger partial charge is 0.480 e. The molecule has 2 N–H and O–H groups in total. The summed E-state index contributed by atoms with van der Waals surface area (Å²) in [6, 6.07) is 6.84. The number of aryl methyl sites for hydroxylation is 1. The summed E-state index contributed by atoms with van der Waals surface area (Å²) in [5, 5.41) is 11.7. The summed E-state index contributed by atoms with van der Waals surface area (Å²) in [5.41, 5.74) is 1.18. The molecule has 0 radical (unpaired) electrons. The van der Waals surface area contributed by atoms with Gasteiger partial charge in [0.25, 0.3) is 0 Å². The van der Waals surface area contributed by atoms with E-state index in [1.165, 1.54) is 11.8 Å². The highest BCUT2D eigenvalue weighted by Gasteiger charge is 2.32. The van der Waals surface area contributed by atoms with Gasteiger partial charge in [0.05, 0.1) is 5.41 Å². The van der Waals surface area contributed by atoms with Gasteiger partial charge in [-0.15, -0.1) is 0 Å². The second-order valence-electron chi connectivity index (χ2n) is 5.31. The Morgan fingerprint density at radius 3 is 2.55 bits per heavy atom. The van der Waals surface area contributed by atoms with E-state index >= 15 is 0 Å². The highest BCUT2D eigenvalue weighted by atomic mass is 32.2. The van der Waals surface area contributed by atoms with Crippen molar-refractivity contribution in [2.75, 3.05) is 12.0 Å². The van der Waals surface area contributed by atoms with Crippen LogP contribution in [0.3, 0.4) is 0 Å². The molecule has 0 aliphatic heterocycles. The summed E-state index contributed by atoms with van der Waals surface area (Å²) in [5.74, 6) is -0.928. The monoisotopic (exact) mass is 295 g/mol. The molecule has 5 heteroatoms. The molecule has 110 valence electrons. The molecule has 0 bridgehead atoms. The van der Waals surface area contributed by atoms with E-state index in [9.17, 15) is 9.59 Å². The molecular weight excluding hydrogens is 274 g/mol. The van der Waals surface area contributed by atoms with Crippen LogP contribution in [0, 0.1) is 6.92 Å². The molecule has 1 unspecified atom stereocenters. The number of nitrogens with one attached hydrogen (secondary N) is 1. The van der Waals surface area contributed by atoms with E-state index in [2.05, 4.69) is 5.32 Å². The average Bonchev–Trinajstić information content (AvgIpc) is 2.37. The zero-order valence-corrected chi connectivity index (χ0v) is 13.1. The third-order valence-corrected chi connectivity index (χ3v) is 3.91. The topological polar surface area (TPSA) is 66.4 Å². The highest BCUT2D eigenvalue weighted by Crippen LogP contribution is 2.24. The Hall–Kier alpha value is -1.49. The molecule has 0 saturated carbocycles. The molecule has 4 nitrogen and oxygen atoms in total. The lowest BCUT2D eigenvalue weighted by Gasteiger charge is -2.26. The van der Waals surface area contributed by atoms with Crippen LogP contribution in [0.2, 0.25) is 0 Å². The molecule has 0 aliphatic rings. The number of carboxylic acids is 1. The first-order valence-electron chi connectivity index (χ1n) is 6.39. The molecular formula is C15H21NO3S. The van der Waals surface area contributed by atoms with Crippen molar-refractivity contribution in [2.24, 2.45) is 0 Å². The molecule has 1 amide bonds. The van der Waals surface area contributed by atoms with Crippen LogP contribution in [0.15, 0.2) is 24.3 Å². The Labute approximate surface area is 124 Å². The predicted octanol–water partition coefficient (Wildman–Crippen LogP) is 2.21. The van der Waals surface area contributed by atoms with E-state index in [0.717, 1.165) is 11.1 Å². The van der Waals surface area contributed by atoms with E-state index in [1.807, 2.05) is 37.4 Å². The summed E-state index contributed by atoms with van der Waals surface area (Å²) >= 11 is 1.39. The maximum atomic E-state index is 12.4. The van der Waals surface area contributed by atoms with Gasteiger partial charge in [-0.25, -0.2) is 4.79 Å². The predicted molar refractivity (Wildman–Crippen MR) is 82.2 cm³/mol. The van der Waals surface area contributed by atoms with Crippen LogP contribution < -0.4 is 5.32 Å². The first-order valence-corrected chi connectivity index (χ1v) is 7.78. The van der Waals surface area contributed by atoms with Gasteiger partial charge in [0.2, 0.25) is 5.91 Å². The SMILES string of the molecule is CSCC(NC(=O)C(C)(C)c1cccc(C)c1)C(=O)O. The fourth-order valence-corrected chi connectivity index (χ4v) is 2.40. The van der Waals surface area contributed by atoms with Crippen LogP contribution in [0.1, 0.15) is 25.0 Å². The van der Waals surface area contributed by atoms with Gasteiger partial charge in [0.1, 0.15) is 6.04 Å². The lowest BCUT2D eigenvalue weighted by Crippen LogP contribution is -2.49. The van der Waals surface area contributed by atoms with Crippen molar-refractivity contribution >= 4 is 23.6 Å². The number of hydrogen-bond donors (Lipinski definition) is 2. The number of carbonyl (C=O) groups excluding carboxylic acids is 1. The van der Waals surface area contributed by atoms with Crippen molar-refractivity contribution in [1.82, 2.24) is 5.32 Å². The minimum absolute atomic E-state index is 0.274. The molecule has 1 rings (SSSR count). The van der Waals surface area contributed by atoms with Crippen molar-refractivity contribution in [3.63, 3.8) is 0 Å². The minimum atomic E-state index is -1.01. The summed E-state index contributed by atoms with van der Waals surface area (Å²) in [4.78, 5) is 23.5. The van der Waals surface area contributed by atoms with E-state index in [1.54, 1.807) is 13.8 Å². The second-order valence-corrected chi connectivity index (χ2v) is 6.22. The van der Waals surface area contributed by atoms with Gasteiger partial charge in [0.15, 0.2) is 0 Å². The fraction of sp³-hybridized carbons (Fsp3) is 0.467. The molecule has 0 heterocycles. The Morgan fingerprint density at radius 2 is 2.05 bits per heavy atom. The van der Waals surface area contributed by atoms with Gasteiger partial charge >= 0.3 is 5.97 Å². The van der Waals surface area contributed by atoms with Crippen LogP contribution in [0.5, 0.6) is 0 Å². The smallest absolute Gasteiger partial charge is 0.327 e. The van der Waals surface area contributed by atoms with Gasteiger partial charge in [-0.05, 0) is 32.6 Å². The standard InChI is InChI=1S/C15H21NO3S/c1-10-6-5-7-11(8-10)15(2,3)14(19)16-12(9-20-4)13(17)18/h5-8,12H,9H2,1-4H3,(H,16,19)(H,17,18). The molecule has 0 aromatic heterocycles. The van der Waals surface area contributed by atoms with Crippen molar-refractivity contribution < 1.29 is 14.7 Å². The Balaban J connectivity index is 2.91. The number of carboxylic acid groups (broad SMARTS) is 1. The third-order valence-electron chi connectivity index (χ3n) is 3.24. The number of rotatable bonds is 6. The zero-order chi connectivity index (χ0) is 15.3. The number of benzene rings is 1. The molecule has 0 aliphatic carbocycles. The van der Waals surface area contributed by atoms with Gasteiger partial charge in [-0.2, -0.15) is 11.8 Å². The number of aliphatic carboxylic acids is 1. The molecule has 0 saturated heterocycles. The maximum absolute atomic E-state index is 12.4. The highest BCUT2D eigenvalue weighted by molar-refractivity contribution is 7.98. The van der Waals surface area contributed by atoms with Crippen molar-refractivity contribution in [1.29, 1.82) is 0 Å². The minimum Gasteiger partial charge on any atom is -0.480 e. The summed E-state index contributed by atoms with van der Waals surface area (Å²) < 4.78 is 0. The molecule has 20 heavy (non-hydrogen) atoms. The molecule has 1 aromatic rings. The second kappa shape index (κ2) is 6.79. The van der Waals surface area contributed by atoms with Gasteiger partial charge in [-0.3, -0.25) is 4.79 Å². The Morgan fingerprint density at radius 1 is 1.40 bits per heavy atom. The van der Waals surface area contributed by atoms with Crippen LogP contribution in [-0.4, -0.2) is 35.0 Å². The lowest BCUT2D eigenvalue weighted by molar-refractivity contribution is -0.141. The molecule has 0 fully saturated rings. The van der Waals surface area contributed by atoms with E-state index in [4.69, 9.17) is 5.11 Å². The van der Waals surface area contributed by atoms with E-state index < -0.39 is 17.4 Å². The quantitative estimate of drug-likeness (QED) is 0.844. The van der Waals surface area contributed by atoms with Crippen molar-refractivity contribution in [3.05, 3.63) is 35.4 Å². The van der Waals surface area contributed by atoms with Crippen molar-refractivity contribution in [3.8, 4) is 0 Å². The number of thioether (sulfide) groups is 1. The average molecular weight is 295 g/mol. The number of hydrogen-bond acceptors (Lipinski definition) is 3.